The van der Waals surface area contributed by atoms with Crippen LogP contribution in [0.5, 0.6) is 0 Å². The summed E-state index contributed by atoms with van der Waals surface area (Å²) in [6, 6.07) is 0. The molecule has 1 unspecified atom stereocenters. The molecule has 6 heteroatoms. The van der Waals surface area contributed by atoms with Crippen LogP contribution in [0.4, 0.5) is 0 Å². The van der Waals surface area contributed by atoms with E-state index in [0.717, 1.165) is 57.8 Å². The minimum atomic E-state index is -0.819. The topological polar surface area (TPSA) is 78.9 Å². The monoisotopic (exact) mass is 877 g/mol. The van der Waals surface area contributed by atoms with Gasteiger partial charge in [0, 0.05) is 19.3 Å². The normalized spacial score (nSPS) is 12.7. The van der Waals surface area contributed by atoms with E-state index in [-0.39, 0.29) is 44.0 Å². The molecule has 0 aromatic rings. The number of unbranched alkanes of at least 4 members (excludes halogenated alkanes) is 25. The van der Waals surface area contributed by atoms with E-state index in [1.807, 2.05) is 54.7 Å². The SMILES string of the molecule is CC\C=C/C=C\C=C/C=C\C=C/CCCCCC(=O)OC(COC(=O)CC/C=C\C/C=C\CCCCCCCC)COC(=O)CCCCCCCCCCCCCCCCCCC. The van der Waals surface area contributed by atoms with Crippen LogP contribution in [-0.4, -0.2) is 37.2 Å². The van der Waals surface area contributed by atoms with Gasteiger partial charge in [0.1, 0.15) is 13.2 Å². The molecule has 6 nitrogen and oxygen atoms in total. The zero-order valence-corrected chi connectivity index (χ0v) is 41.1. The van der Waals surface area contributed by atoms with E-state index in [9.17, 15) is 14.4 Å². The molecule has 0 aromatic heterocycles. The zero-order valence-electron chi connectivity index (χ0n) is 41.1. The van der Waals surface area contributed by atoms with Gasteiger partial charge in [0.25, 0.3) is 0 Å². The molecule has 0 rings (SSSR count). The van der Waals surface area contributed by atoms with Crippen LogP contribution >= 0.6 is 0 Å². The molecule has 63 heavy (non-hydrogen) atoms. The Morgan fingerprint density at radius 2 is 0.714 bits per heavy atom. The highest BCUT2D eigenvalue weighted by Crippen LogP contribution is 2.15. The highest BCUT2D eigenvalue weighted by atomic mass is 16.6. The second kappa shape index (κ2) is 51.2. The lowest BCUT2D eigenvalue weighted by molar-refractivity contribution is -0.166. The van der Waals surface area contributed by atoms with E-state index >= 15 is 0 Å². The Morgan fingerprint density at radius 1 is 0.349 bits per heavy atom. The molecule has 0 saturated carbocycles. The number of ether oxygens (including phenoxy) is 3. The number of carbonyl (C=O) groups excluding carboxylic acids is 3. The van der Waals surface area contributed by atoms with Crippen molar-refractivity contribution in [1.82, 2.24) is 0 Å². The molecule has 0 saturated heterocycles. The quantitative estimate of drug-likeness (QED) is 0.0199. The minimum Gasteiger partial charge on any atom is -0.462 e. The predicted molar refractivity (Wildman–Crippen MR) is 270 cm³/mol. The fraction of sp³-hybridized carbons (Fsp3) is 0.702. The molecular formula is C57H96O6. The first-order chi connectivity index (χ1) is 31.0. The smallest absolute Gasteiger partial charge is 0.306 e. The van der Waals surface area contributed by atoms with Gasteiger partial charge >= 0.3 is 17.9 Å². The molecule has 0 radical (unpaired) electrons. The summed E-state index contributed by atoms with van der Waals surface area (Å²) in [7, 11) is 0. The number of esters is 3. The predicted octanol–water partition coefficient (Wildman–Crippen LogP) is 17.2. The van der Waals surface area contributed by atoms with Gasteiger partial charge in [-0.25, -0.2) is 0 Å². The molecule has 0 N–H and O–H groups in total. The van der Waals surface area contributed by atoms with Crippen molar-refractivity contribution < 1.29 is 28.6 Å². The Hall–Kier alpha value is -3.41. The van der Waals surface area contributed by atoms with Crippen LogP contribution in [0.15, 0.2) is 85.1 Å². The van der Waals surface area contributed by atoms with Crippen molar-refractivity contribution in [1.29, 1.82) is 0 Å². The van der Waals surface area contributed by atoms with Crippen molar-refractivity contribution in [2.75, 3.05) is 13.2 Å². The molecule has 1 atom stereocenters. The first kappa shape index (κ1) is 59.6. The van der Waals surface area contributed by atoms with Crippen LogP contribution in [0.1, 0.15) is 239 Å². The van der Waals surface area contributed by atoms with E-state index in [0.29, 0.717) is 19.3 Å². The lowest BCUT2D eigenvalue weighted by Gasteiger charge is -2.18. The highest BCUT2D eigenvalue weighted by Gasteiger charge is 2.19. The number of hydrogen-bond acceptors (Lipinski definition) is 6. The Bertz CT molecular complexity index is 1240. The van der Waals surface area contributed by atoms with Gasteiger partial charge in [-0.2, -0.15) is 0 Å². The first-order valence-corrected chi connectivity index (χ1v) is 26.2. The summed E-state index contributed by atoms with van der Waals surface area (Å²) in [6.45, 7) is 6.40. The Labute approximate surface area is 388 Å². The van der Waals surface area contributed by atoms with Crippen molar-refractivity contribution in [3.05, 3.63) is 85.1 Å². The summed E-state index contributed by atoms with van der Waals surface area (Å²) in [6.07, 6.45) is 65.8. The van der Waals surface area contributed by atoms with E-state index in [1.54, 1.807) is 0 Å². The van der Waals surface area contributed by atoms with Crippen molar-refractivity contribution in [2.24, 2.45) is 0 Å². The van der Waals surface area contributed by atoms with Gasteiger partial charge in [0.2, 0.25) is 0 Å². The average Bonchev–Trinajstić information content (AvgIpc) is 3.28. The molecule has 0 spiro atoms. The van der Waals surface area contributed by atoms with Gasteiger partial charge in [-0.05, 0) is 57.8 Å². The lowest BCUT2D eigenvalue weighted by Crippen LogP contribution is -2.30. The third-order valence-corrected chi connectivity index (χ3v) is 11.0. The van der Waals surface area contributed by atoms with Crippen molar-refractivity contribution >= 4 is 17.9 Å². The maximum absolute atomic E-state index is 12.8. The van der Waals surface area contributed by atoms with E-state index in [2.05, 4.69) is 51.2 Å². The van der Waals surface area contributed by atoms with Crippen LogP contribution in [0.2, 0.25) is 0 Å². The van der Waals surface area contributed by atoms with Crippen LogP contribution in [0, 0.1) is 0 Å². The molecular weight excluding hydrogens is 781 g/mol. The Morgan fingerprint density at radius 3 is 1.21 bits per heavy atom. The van der Waals surface area contributed by atoms with E-state index in [4.69, 9.17) is 14.2 Å². The van der Waals surface area contributed by atoms with E-state index in [1.165, 1.54) is 128 Å². The fourth-order valence-corrected chi connectivity index (χ4v) is 7.10. The number of allylic oxidation sites excluding steroid dienone is 14. The van der Waals surface area contributed by atoms with Gasteiger partial charge in [0.05, 0.1) is 0 Å². The lowest BCUT2D eigenvalue weighted by atomic mass is 10.0. The van der Waals surface area contributed by atoms with Crippen LogP contribution in [0.25, 0.3) is 0 Å². The van der Waals surface area contributed by atoms with Crippen LogP contribution < -0.4 is 0 Å². The van der Waals surface area contributed by atoms with Gasteiger partial charge in [0.15, 0.2) is 6.10 Å². The summed E-state index contributed by atoms with van der Waals surface area (Å²) < 4.78 is 16.7. The molecule has 0 amide bonds. The van der Waals surface area contributed by atoms with Crippen LogP contribution in [-0.2, 0) is 28.6 Å². The molecule has 360 valence electrons. The average molecular weight is 877 g/mol. The summed E-state index contributed by atoms with van der Waals surface area (Å²) in [5.41, 5.74) is 0. The third kappa shape index (κ3) is 49.5. The molecule has 0 aliphatic carbocycles. The Balaban J connectivity index is 4.49. The fourth-order valence-electron chi connectivity index (χ4n) is 7.10. The molecule has 0 aliphatic rings. The summed E-state index contributed by atoms with van der Waals surface area (Å²) in [4.78, 5) is 37.9. The van der Waals surface area contributed by atoms with Gasteiger partial charge < -0.3 is 14.2 Å². The first-order valence-electron chi connectivity index (χ1n) is 26.2. The summed E-state index contributed by atoms with van der Waals surface area (Å²) >= 11 is 0. The van der Waals surface area contributed by atoms with E-state index < -0.39 is 6.10 Å². The molecule has 0 aromatic carbocycles. The summed E-state index contributed by atoms with van der Waals surface area (Å²) in [5.74, 6) is -1.02. The maximum Gasteiger partial charge on any atom is 0.306 e. The second-order valence-corrected chi connectivity index (χ2v) is 17.2. The molecule has 0 aliphatic heterocycles. The molecule has 0 heterocycles. The van der Waals surface area contributed by atoms with Gasteiger partial charge in [-0.1, -0.05) is 247 Å². The van der Waals surface area contributed by atoms with Gasteiger partial charge in [-0.3, -0.25) is 14.4 Å². The number of rotatable bonds is 46. The largest absolute Gasteiger partial charge is 0.462 e. The second-order valence-electron chi connectivity index (χ2n) is 17.2. The summed E-state index contributed by atoms with van der Waals surface area (Å²) in [5, 5.41) is 0. The number of carbonyl (C=O) groups is 3. The zero-order chi connectivity index (χ0) is 45.8. The highest BCUT2D eigenvalue weighted by molar-refractivity contribution is 5.71. The van der Waals surface area contributed by atoms with Gasteiger partial charge in [-0.15, -0.1) is 0 Å². The maximum atomic E-state index is 12.8. The third-order valence-electron chi connectivity index (χ3n) is 11.0. The molecule has 0 fully saturated rings. The molecule has 0 bridgehead atoms. The van der Waals surface area contributed by atoms with Crippen molar-refractivity contribution in [3.8, 4) is 0 Å². The standard InChI is InChI=1S/C57H96O6/c1-4-7-10-13-16-19-22-25-27-28-30-32-35-38-41-44-47-50-56(59)62-53-54(52-61-55(58)49-46-43-40-37-34-31-24-21-18-15-12-9-6-3)63-57(60)51-48-45-42-39-36-33-29-26-23-20-17-14-11-8-5-2/h8,11,14,17,20,23,26,29,31,33-34,36,40,43,54H,4-7,9-10,12-13,15-16,18-19,21-22,24-25,27-28,30,32,35,37-39,41-42,44-53H2,1-3H3/b11-8-,17-14-,23-20-,29-26-,34-31-,36-33-,43-40-. The minimum absolute atomic E-state index is 0.110. The number of hydrogen-bond donors (Lipinski definition) is 0. The van der Waals surface area contributed by atoms with Crippen LogP contribution in [0.3, 0.4) is 0 Å². The Kier molecular flexibility index (Phi) is 48.5. The van der Waals surface area contributed by atoms with Crippen molar-refractivity contribution in [2.45, 2.75) is 245 Å². The van der Waals surface area contributed by atoms with Crippen molar-refractivity contribution in [3.63, 3.8) is 0 Å².